The van der Waals surface area contributed by atoms with Gasteiger partial charge in [-0.1, -0.05) is 6.92 Å². The summed E-state index contributed by atoms with van der Waals surface area (Å²) in [5.41, 5.74) is 3.67. The first-order valence-electron chi connectivity index (χ1n) is 6.42. The fraction of sp³-hybridized carbons (Fsp3) is 0.214. The molecule has 0 spiro atoms. The van der Waals surface area contributed by atoms with Gasteiger partial charge in [0.2, 0.25) is 0 Å². The van der Waals surface area contributed by atoms with Gasteiger partial charge in [-0.2, -0.15) is 5.10 Å². The number of nitrogens with zero attached hydrogens (tertiary/aromatic N) is 2. The van der Waals surface area contributed by atoms with Gasteiger partial charge in [0, 0.05) is 28.7 Å². The quantitative estimate of drug-likeness (QED) is 0.369. The van der Waals surface area contributed by atoms with Crippen LogP contribution in [0.3, 0.4) is 0 Å². The molecule has 0 saturated heterocycles. The third kappa shape index (κ3) is 3.91. The van der Waals surface area contributed by atoms with E-state index < -0.39 is 4.92 Å². The highest BCUT2D eigenvalue weighted by Gasteiger charge is 2.12. The normalized spacial score (nSPS) is 11.0. The minimum absolute atomic E-state index is 0.0303. The molecule has 1 N–H and O–H groups in total. The summed E-state index contributed by atoms with van der Waals surface area (Å²) >= 11 is 3.32. The van der Waals surface area contributed by atoms with Crippen LogP contribution >= 0.6 is 15.9 Å². The Morgan fingerprint density at radius 2 is 2.24 bits per heavy atom. The highest BCUT2D eigenvalue weighted by molar-refractivity contribution is 9.10. The number of nitro benzene ring substituents is 1. The number of nitro groups is 1. The van der Waals surface area contributed by atoms with Crippen molar-refractivity contribution >= 4 is 27.8 Å². The minimum atomic E-state index is -0.436. The average Bonchev–Trinajstić information content (AvgIpc) is 2.92. The number of furan rings is 1. The monoisotopic (exact) mass is 351 g/mol. The van der Waals surface area contributed by atoms with Gasteiger partial charge in [0.1, 0.15) is 11.5 Å². The van der Waals surface area contributed by atoms with Crippen molar-refractivity contribution < 1.29 is 9.34 Å². The SMILES string of the molecule is CCCN/N=C\c1ccc(-c2ccc([N+](=O)[O-])cc2Br)o1. The molecule has 0 aliphatic carbocycles. The standard InChI is InChI=1S/C14H14BrN3O3/c1-2-7-16-17-9-11-4-6-14(21-11)12-5-3-10(18(19)20)8-13(12)15/h3-6,8-9,16H,2,7H2,1H3/b17-9-. The van der Waals surface area contributed by atoms with Crippen molar-refractivity contribution in [2.75, 3.05) is 6.54 Å². The molecule has 1 aromatic carbocycles. The van der Waals surface area contributed by atoms with E-state index in [9.17, 15) is 10.1 Å². The molecule has 21 heavy (non-hydrogen) atoms. The molecule has 1 heterocycles. The molecule has 2 rings (SSSR count). The van der Waals surface area contributed by atoms with Crippen LogP contribution in [0.25, 0.3) is 11.3 Å². The predicted octanol–water partition coefficient (Wildman–Crippen LogP) is 3.95. The van der Waals surface area contributed by atoms with Crippen LogP contribution in [0.15, 0.2) is 44.3 Å². The van der Waals surface area contributed by atoms with Crippen molar-refractivity contribution in [1.29, 1.82) is 0 Å². The molecule has 0 bridgehead atoms. The maximum absolute atomic E-state index is 10.7. The first-order valence-corrected chi connectivity index (χ1v) is 7.21. The average molecular weight is 352 g/mol. The lowest BCUT2D eigenvalue weighted by molar-refractivity contribution is -0.384. The van der Waals surface area contributed by atoms with Gasteiger partial charge >= 0.3 is 0 Å². The Labute approximate surface area is 130 Å². The third-order valence-electron chi connectivity index (χ3n) is 2.70. The van der Waals surface area contributed by atoms with Gasteiger partial charge in [0.25, 0.3) is 5.69 Å². The van der Waals surface area contributed by atoms with Crippen LogP contribution in [0.4, 0.5) is 5.69 Å². The van der Waals surface area contributed by atoms with Crippen molar-refractivity contribution in [3.63, 3.8) is 0 Å². The topological polar surface area (TPSA) is 80.7 Å². The van der Waals surface area contributed by atoms with E-state index in [0.29, 0.717) is 16.0 Å². The molecule has 0 unspecified atom stereocenters. The molecule has 1 aromatic heterocycles. The summed E-state index contributed by atoms with van der Waals surface area (Å²) in [6.07, 6.45) is 2.59. The zero-order valence-electron chi connectivity index (χ0n) is 11.4. The Hall–Kier alpha value is -2.15. The highest BCUT2D eigenvalue weighted by Crippen LogP contribution is 2.32. The molecule has 2 aromatic rings. The first kappa shape index (κ1) is 15.2. The Morgan fingerprint density at radius 1 is 1.43 bits per heavy atom. The Kier molecular flexibility index (Phi) is 5.10. The van der Waals surface area contributed by atoms with Crippen LogP contribution in [-0.4, -0.2) is 17.7 Å². The number of benzene rings is 1. The molecular weight excluding hydrogens is 338 g/mol. The second-order valence-corrected chi connectivity index (χ2v) is 5.14. The van der Waals surface area contributed by atoms with Gasteiger partial charge in [-0.25, -0.2) is 0 Å². The summed E-state index contributed by atoms with van der Waals surface area (Å²) in [5.74, 6) is 1.23. The van der Waals surface area contributed by atoms with E-state index in [0.717, 1.165) is 18.5 Å². The molecule has 0 amide bonds. The number of hydrazone groups is 1. The number of hydrogen-bond acceptors (Lipinski definition) is 5. The van der Waals surface area contributed by atoms with E-state index in [1.54, 1.807) is 24.4 Å². The fourth-order valence-corrected chi connectivity index (χ4v) is 2.23. The summed E-state index contributed by atoms with van der Waals surface area (Å²) < 4.78 is 6.25. The number of non-ortho nitro benzene ring substituents is 1. The van der Waals surface area contributed by atoms with Crippen LogP contribution < -0.4 is 5.43 Å². The maximum atomic E-state index is 10.7. The highest BCUT2D eigenvalue weighted by atomic mass is 79.9. The molecular formula is C14H14BrN3O3. The summed E-state index contributed by atoms with van der Waals surface area (Å²) in [4.78, 5) is 10.3. The largest absolute Gasteiger partial charge is 0.455 e. The van der Waals surface area contributed by atoms with Crippen molar-refractivity contribution in [3.05, 3.63) is 50.7 Å². The Balaban J connectivity index is 2.18. The lowest BCUT2D eigenvalue weighted by Crippen LogP contribution is -2.05. The molecule has 0 fully saturated rings. The van der Waals surface area contributed by atoms with Gasteiger partial charge in [0.05, 0.1) is 11.1 Å². The number of halogens is 1. The van der Waals surface area contributed by atoms with Crippen LogP contribution in [0.1, 0.15) is 19.1 Å². The third-order valence-corrected chi connectivity index (χ3v) is 3.36. The smallest absolute Gasteiger partial charge is 0.270 e. The van der Waals surface area contributed by atoms with E-state index in [1.807, 2.05) is 0 Å². The van der Waals surface area contributed by atoms with Gasteiger partial charge in [-0.3, -0.25) is 10.1 Å². The van der Waals surface area contributed by atoms with E-state index >= 15 is 0 Å². The first-order chi connectivity index (χ1) is 10.1. The van der Waals surface area contributed by atoms with Gasteiger partial charge < -0.3 is 9.84 Å². The van der Waals surface area contributed by atoms with Crippen LogP contribution in [0, 0.1) is 10.1 Å². The zero-order chi connectivity index (χ0) is 15.2. The van der Waals surface area contributed by atoms with E-state index in [2.05, 4.69) is 33.4 Å². The number of hydrogen-bond donors (Lipinski definition) is 1. The number of nitrogens with one attached hydrogen (secondary N) is 1. The lowest BCUT2D eigenvalue weighted by atomic mass is 10.1. The van der Waals surface area contributed by atoms with Crippen molar-refractivity contribution in [2.24, 2.45) is 5.10 Å². The van der Waals surface area contributed by atoms with E-state index in [4.69, 9.17) is 4.42 Å². The van der Waals surface area contributed by atoms with Gasteiger partial charge in [0.15, 0.2) is 0 Å². The summed E-state index contributed by atoms with van der Waals surface area (Å²) in [7, 11) is 0. The number of rotatable bonds is 6. The second kappa shape index (κ2) is 7.03. The summed E-state index contributed by atoms with van der Waals surface area (Å²) in [6.45, 7) is 2.86. The second-order valence-electron chi connectivity index (χ2n) is 4.29. The lowest BCUT2D eigenvalue weighted by Gasteiger charge is -2.00. The Bertz CT molecular complexity index is 667. The Morgan fingerprint density at radius 3 is 2.90 bits per heavy atom. The molecule has 0 aliphatic heterocycles. The molecule has 7 heteroatoms. The van der Waals surface area contributed by atoms with Crippen LogP contribution in [0.2, 0.25) is 0 Å². The van der Waals surface area contributed by atoms with Crippen LogP contribution in [0.5, 0.6) is 0 Å². The van der Waals surface area contributed by atoms with E-state index in [-0.39, 0.29) is 5.69 Å². The molecule has 6 nitrogen and oxygen atoms in total. The molecule has 0 radical (unpaired) electrons. The molecule has 0 aliphatic rings. The van der Waals surface area contributed by atoms with E-state index in [1.165, 1.54) is 12.1 Å². The molecule has 0 atom stereocenters. The summed E-state index contributed by atoms with van der Waals surface area (Å²) in [6, 6.07) is 8.14. The zero-order valence-corrected chi connectivity index (χ0v) is 13.0. The maximum Gasteiger partial charge on any atom is 0.270 e. The predicted molar refractivity (Wildman–Crippen MR) is 84.4 cm³/mol. The van der Waals surface area contributed by atoms with Crippen molar-refractivity contribution in [3.8, 4) is 11.3 Å². The van der Waals surface area contributed by atoms with Gasteiger partial charge in [-0.05, 0) is 40.5 Å². The molecule has 0 saturated carbocycles. The van der Waals surface area contributed by atoms with Crippen molar-refractivity contribution in [1.82, 2.24) is 5.43 Å². The summed E-state index contributed by atoms with van der Waals surface area (Å²) in [5, 5.41) is 14.7. The minimum Gasteiger partial charge on any atom is -0.455 e. The fourth-order valence-electron chi connectivity index (χ4n) is 1.67. The van der Waals surface area contributed by atoms with Crippen LogP contribution in [-0.2, 0) is 0 Å². The van der Waals surface area contributed by atoms with Crippen molar-refractivity contribution in [2.45, 2.75) is 13.3 Å². The van der Waals surface area contributed by atoms with Gasteiger partial charge in [-0.15, -0.1) is 0 Å². The molecule has 110 valence electrons.